The van der Waals surface area contributed by atoms with E-state index < -0.39 is 17.9 Å². The van der Waals surface area contributed by atoms with Crippen LogP contribution in [0, 0.1) is 0 Å². The van der Waals surface area contributed by atoms with Gasteiger partial charge in [0.1, 0.15) is 6.04 Å². The molecular formula is C22H17N3O3. The van der Waals surface area contributed by atoms with Crippen LogP contribution < -0.4 is 5.32 Å². The number of aromatic nitrogens is 2. The molecule has 6 nitrogen and oxygen atoms in total. The molecular weight excluding hydrogens is 354 g/mol. The van der Waals surface area contributed by atoms with E-state index in [-0.39, 0.29) is 6.42 Å². The number of carboxylic acid groups (broad SMARTS) is 1. The molecule has 0 aliphatic heterocycles. The first-order valence-electron chi connectivity index (χ1n) is 8.84. The predicted molar refractivity (Wildman–Crippen MR) is 106 cm³/mol. The summed E-state index contributed by atoms with van der Waals surface area (Å²) in [5.74, 6) is -1.56. The van der Waals surface area contributed by atoms with Crippen LogP contribution in [0.4, 0.5) is 0 Å². The number of amides is 1. The second-order valence-corrected chi connectivity index (χ2v) is 6.44. The quantitative estimate of drug-likeness (QED) is 0.562. The van der Waals surface area contributed by atoms with Gasteiger partial charge in [0, 0.05) is 29.1 Å². The van der Waals surface area contributed by atoms with Gasteiger partial charge in [0.25, 0.3) is 5.91 Å². The third kappa shape index (κ3) is 3.53. The van der Waals surface area contributed by atoms with Gasteiger partial charge in [0.05, 0.1) is 16.6 Å². The lowest BCUT2D eigenvalue weighted by molar-refractivity contribution is -0.139. The van der Waals surface area contributed by atoms with Crippen LogP contribution in [0.2, 0.25) is 0 Å². The molecule has 0 saturated heterocycles. The number of hydrogen-bond acceptors (Lipinski definition) is 4. The van der Waals surface area contributed by atoms with Crippen molar-refractivity contribution in [2.45, 2.75) is 12.5 Å². The molecule has 2 aromatic heterocycles. The van der Waals surface area contributed by atoms with E-state index in [1.54, 1.807) is 24.3 Å². The highest BCUT2D eigenvalue weighted by atomic mass is 16.4. The zero-order valence-corrected chi connectivity index (χ0v) is 14.9. The normalized spacial score (nSPS) is 12.0. The summed E-state index contributed by atoms with van der Waals surface area (Å²) < 4.78 is 0. The molecule has 0 bridgehead atoms. The topological polar surface area (TPSA) is 92.2 Å². The highest BCUT2D eigenvalue weighted by molar-refractivity contribution is 6.07. The van der Waals surface area contributed by atoms with Gasteiger partial charge in [0.15, 0.2) is 0 Å². The first kappa shape index (κ1) is 17.6. The Labute approximate surface area is 160 Å². The van der Waals surface area contributed by atoms with Crippen molar-refractivity contribution in [3.63, 3.8) is 0 Å². The zero-order chi connectivity index (χ0) is 19.5. The number of nitrogens with zero attached hydrogens (tertiary/aromatic N) is 2. The van der Waals surface area contributed by atoms with E-state index >= 15 is 0 Å². The Morgan fingerprint density at radius 1 is 0.929 bits per heavy atom. The highest BCUT2D eigenvalue weighted by Crippen LogP contribution is 2.17. The fourth-order valence-electron chi connectivity index (χ4n) is 3.16. The van der Waals surface area contributed by atoms with E-state index in [2.05, 4.69) is 15.3 Å². The van der Waals surface area contributed by atoms with Gasteiger partial charge < -0.3 is 10.4 Å². The fourth-order valence-corrected chi connectivity index (χ4v) is 3.16. The molecule has 0 saturated carbocycles. The smallest absolute Gasteiger partial charge is 0.326 e. The van der Waals surface area contributed by atoms with Crippen LogP contribution in [0.5, 0.6) is 0 Å². The number of carboxylic acids is 1. The van der Waals surface area contributed by atoms with Crippen LogP contribution in [0.1, 0.15) is 16.1 Å². The lowest BCUT2D eigenvalue weighted by Crippen LogP contribution is -2.42. The molecule has 2 heterocycles. The molecule has 0 fully saturated rings. The Bertz CT molecular complexity index is 1180. The lowest BCUT2D eigenvalue weighted by atomic mass is 10.1. The first-order chi connectivity index (χ1) is 13.6. The summed E-state index contributed by atoms with van der Waals surface area (Å²) in [5.41, 5.74) is 2.46. The standard InChI is InChI=1S/C22H17N3O3/c26-21(17-11-12-23-19-8-4-2-6-16(17)19)25-20(22(27)28)13-15-10-9-14-5-1-3-7-18(14)24-15/h1-12,20H,13H2,(H,25,26)(H,27,28)/t20-/m1/s1. The van der Waals surface area contributed by atoms with E-state index in [1.807, 2.05) is 42.5 Å². The molecule has 1 amide bonds. The minimum Gasteiger partial charge on any atom is -0.480 e. The molecule has 0 aliphatic carbocycles. The number of aliphatic carboxylic acids is 1. The van der Waals surface area contributed by atoms with Gasteiger partial charge in [0.2, 0.25) is 0 Å². The molecule has 28 heavy (non-hydrogen) atoms. The Morgan fingerprint density at radius 3 is 2.50 bits per heavy atom. The van der Waals surface area contributed by atoms with Crippen LogP contribution in [-0.4, -0.2) is 33.0 Å². The van der Waals surface area contributed by atoms with Gasteiger partial charge in [-0.25, -0.2) is 4.79 Å². The number of fused-ring (bicyclic) bond motifs is 2. The zero-order valence-electron chi connectivity index (χ0n) is 14.9. The van der Waals surface area contributed by atoms with Crippen molar-refractivity contribution >= 4 is 33.7 Å². The van der Waals surface area contributed by atoms with E-state index in [1.165, 1.54) is 6.20 Å². The molecule has 2 aromatic carbocycles. The van der Waals surface area contributed by atoms with Crippen molar-refractivity contribution in [2.75, 3.05) is 0 Å². The maximum atomic E-state index is 12.8. The first-order valence-corrected chi connectivity index (χ1v) is 8.84. The highest BCUT2D eigenvalue weighted by Gasteiger charge is 2.23. The number of nitrogens with one attached hydrogen (secondary N) is 1. The summed E-state index contributed by atoms with van der Waals surface area (Å²) in [6.45, 7) is 0. The third-order valence-electron chi connectivity index (χ3n) is 4.57. The summed E-state index contributed by atoms with van der Waals surface area (Å²) >= 11 is 0. The van der Waals surface area contributed by atoms with Crippen LogP contribution >= 0.6 is 0 Å². The molecule has 0 radical (unpaired) electrons. The van der Waals surface area contributed by atoms with Gasteiger partial charge >= 0.3 is 5.97 Å². The Balaban J connectivity index is 1.59. The van der Waals surface area contributed by atoms with E-state index in [9.17, 15) is 14.7 Å². The molecule has 0 unspecified atom stereocenters. The van der Waals surface area contributed by atoms with E-state index in [0.29, 0.717) is 22.2 Å². The third-order valence-corrected chi connectivity index (χ3v) is 4.57. The molecule has 4 aromatic rings. The van der Waals surface area contributed by atoms with Crippen LogP contribution in [0.25, 0.3) is 21.8 Å². The molecule has 138 valence electrons. The maximum absolute atomic E-state index is 12.8. The maximum Gasteiger partial charge on any atom is 0.326 e. The van der Waals surface area contributed by atoms with Crippen molar-refractivity contribution in [3.05, 3.63) is 84.2 Å². The van der Waals surface area contributed by atoms with Gasteiger partial charge in [-0.15, -0.1) is 0 Å². The number of hydrogen-bond donors (Lipinski definition) is 2. The van der Waals surface area contributed by atoms with Crippen molar-refractivity contribution in [2.24, 2.45) is 0 Å². The van der Waals surface area contributed by atoms with Crippen LogP contribution in [0.15, 0.2) is 72.9 Å². The second-order valence-electron chi connectivity index (χ2n) is 6.44. The Hall–Kier alpha value is -3.80. The summed E-state index contributed by atoms with van der Waals surface area (Å²) in [4.78, 5) is 33.2. The van der Waals surface area contributed by atoms with Gasteiger partial charge in [-0.1, -0.05) is 42.5 Å². The van der Waals surface area contributed by atoms with E-state index in [0.717, 1.165) is 10.9 Å². The van der Waals surface area contributed by atoms with Crippen LogP contribution in [0.3, 0.4) is 0 Å². The lowest BCUT2D eigenvalue weighted by Gasteiger charge is -2.15. The molecule has 1 atom stereocenters. The number of carbonyl (C=O) groups is 2. The number of carbonyl (C=O) groups excluding carboxylic acids is 1. The number of pyridine rings is 2. The van der Waals surface area contributed by atoms with Crippen LogP contribution in [-0.2, 0) is 11.2 Å². The molecule has 0 aliphatic rings. The second kappa shape index (κ2) is 7.44. The van der Waals surface area contributed by atoms with Crippen molar-refractivity contribution < 1.29 is 14.7 Å². The average molecular weight is 371 g/mol. The SMILES string of the molecule is O=C(N[C@H](Cc1ccc2ccccc2n1)C(=O)O)c1ccnc2ccccc12. The fraction of sp³-hybridized carbons (Fsp3) is 0.0909. The molecule has 6 heteroatoms. The van der Waals surface area contributed by atoms with Crippen molar-refractivity contribution in [3.8, 4) is 0 Å². The molecule has 4 rings (SSSR count). The molecule has 0 spiro atoms. The number of para-hydroxylation sites is 2. The average Bonchev–Trinajstić information content (AvgIpc) is 2.72. The monoisotopic (exact) mass is 371 g/mol. The summed E-state index contributed by atoms with van der Waals surface area (Å²) in [7, 11) is 0. The number of benzene rings is 2. The van der Waals surface area contributed by atoms with Gasteiger partial charge in [-0.2, -0.15) is 0 Å². The minimum atomic E-state index is -1.11. The van der Waals surface area contributed by atoms with Gasteiger partial charge in [-0.05, 0) is 24.3 Å². The molecule has 2 N–H and O–H groups in total. The Morgan fingerprint density at radius 2 is 1.68 bits per heavy atom. The summed E-state index contributed by atoms with van der Waals surface area (Å²) in [6.07, 6.45) is 1.63. The summed E-state index contributed by atoms with van der Waals surface area (Å²) in [5, 5.41) is 13.9. The summed E-state index contributed by atoms with van der Waals surface area (Å²) in [6, 6.07) is 19.0. The van der Waals surface area contributed by atoms with Crippen molar-refractivity contribution in [1.29, 1.82) is 0 Å². The van der Waals surface area contributed by atoms with E-state index in [4.69, 9.17) is 0 Å². The van der Waals surface area contributed by atoms with Gasteiger partial charge in [-0.3, -0.25) is 14.8 Å². The number of rotatable bonds is 5. The minimum absolute atomic E-state index is 0.0922. The van der Waals surface area contributed by atoms with Crippen molar-refractivity contribution in [1.82, 2.24) is 15.3 Å². The predicted octanol–water partition coefficient (Wildman–Crippen LogP) is 3.21. The largest absolute Gasteiger partial charge is 0.480 e. The Kier molecular flexibility index (Phi) is 4.68.